The number of piperazine rings is 1. The van der Waals surface area contributed by atoms with E-state index >= 15 is 0 Å². The van der Waals surface area contributed by atoms with Crippen molar-refractivity contribution < 1.29 is 9.59 Å². The van der Waals surface area contributed by atoms with Crippen LogP contribution in [0.2, 0.25) is 0 Å². The standard InChI is InChI=1S/C11H20N2O2/c1-6-10(2,3)13-7-8(14)12-11(4,5)9(13)15/h6-7H2,1-5H3,(H,12,14). The van der Waals surface area contributed by atoms with E-state index in [9.17, 15) is 9.59 Å². The zero-order valence-electron chi connectivity index (χ0n) is 10.2. The van der Waals surface area contributed by atoms with Crippen molar-refractivity contribution in [1.82, 2.24) is 10.2 Å². The zero-order valence-corrected chi connectivity index (χ0v) is 10.2. The quantitative estimate of drug-likeness (QED) is 0.739. The second kappa shape index (κ2) is 3.51. The lowest BCUT2D eigenvalue weighted by atomic mass is 9.92. The van der Waals surface area contributed by atoms with Gasteiger partial charge in [-0.25, -0.2) is 0 Å². The Morgan fingerprint density at radius 3 is 2.40 bits per heavy atom. The fraction of sp³-hybridized carbons (Fsp3) is 0.818. The highest BCUT2D eigenvalue weighted by Gasteiger charge is 2.43. The Hall–Kier alpha value is -1.06. The predicted octanol–water partition coefficient (Wildman–Crippen LogP) is 0.912. The van der Waals surface area contributed by atoms with E-state index in [0.717, 1.165) is 6.42 Å². The molecule has 1 heterocycles. The van der Waals surface area contributed by atoms with E-state index in [1.54, 1.807) is 18.7 Å². The Kier molecular flexibility index (Phi) is 2.81. The Bertz CT molecular complexity index is 295. The molecule has 0 spiro atoms. The number of carbonyl (C=O) groups excluding carboxylic acids is 2. The number of rotatable bonds is 2. The van der Waals surface area contributed by atoms with E-state index in [1.807, 2.05) is 20.8 Å². The molecule has 86 valence electrons. The third-order valence-corrected chi connectivity index (χ3v) is 3.13. The second-order valence-electron chi connectivity index (χ2n) is 5.23. The molecule has 2 amide bonds. The molecule has 0 aromatic carbocycles. The first kappa shape index (κ1) is 12.0. The molecule has 0 saturated carbocycles. The summed E-state index contributed by atoms with van der Waals surface area (Å²) in [6, 6.07) is 0. The molecule has 1 N–H and O–H groups in total. The SMILES string of the molecule is CCC(C)(C)N1CC(=O)NC(C)(C)C1=O. The number of hydrogen-bond acceptors (Lipinski definition) is 2. The number of nitrogens with zero attached hydrogens (tertiary/aromatic N) is 1. The third-order valence-electron chi connectivity index (χ3n) is 3.13. The average Bonchev–Trinajstić information content (AvgIpc) is 2.10. The summed E-state index contributed by atoms with van der Waals surface area (Å²) in [4.78, 5) is 25.3. The summed E-state index contributed by atoms with van der Waals surface area (Å²) in [5.41, 5.74) is -1.03. The molecule has 4 heteroatoms. The highest BCUT2D eigenvalue weighted by Crippen LogP contribution is 2.24. The number of carbonyl (C=O) groups is 2. The first-order valence-electron chi connectivity index (χ1n) is 5.34. The van der Waals surface area contributed by atoms with Crippen molar-refractivity contribution in [3.63, 3.8) is 0 Å². The van der Waals surface area contributed by atoms with Crippen molar-refractivity contribution in [3.8, 4) is 0 Å². The van der Waals surface area contributed by atoms with Crippen molar-refractivity contribution in [2.24, 2.45) is 0 Å². The van der Waals surface area contributed by atoms with Gasteiger partial charge in [0.25, 0.3) is 0 Å². The summed E-state index contributed by atoms with van der Waals surface area (Å²) in [6.07, 6.45) is 0.835. The van der Waals surface area contributed by atoms with Crippen LogP contribution in [0.3, 0.4) is 0 Å². The molecule has 0 bridgehead atoms. The van der Waals surface area contributed by atoms with Crippen LogP contribution in [-0.2, 0) is 9.59 Å². The van der Waals surface area contributed by atoms with Crippen molar-refractivity contribution in [2.45, 2.75) is 52.1 Å². The molecule has 1 aliphatic rings. The summed E-state index contributed by atoms with van der Waals surface area (Å²) < 4.78 is 0. The fourth-order valence-corrected chi connectivity index (χ4v) is 1.67. The van der Waals surface area contributed by atoms with E-state index in [1.165, 1.54) is 0 Å². The molecule has 0 aromatic heterocycles. The van der Waals surface area contributed by atoms with E-state index in [-0.39, 0.29) is 23.9 Å². The van der Waals surface area contributed by atoms with Gasteiger partial charge in [-0.1, -0.05) is 6.92 Å². The van der Waals surface area contributed by atoms with Crippen molar-refractivity contribution in [1.29, 1.82) is 0 Å². The molecule has 1 aliphatic heterocycles. The largest absolute Gasteiger partial charge is 0.341 e. The normalized spacial score (nSPS) is 21.5. The minimum absolute atomic E-state index is 0.00560. The molecule has 0 aromatic rings. The lowest BCUT2D eigenvalue weighted by Crippen LogP contribution is -2.67. The van der Waals surface area contributed by atoms with Crippen LogP contribution in [0, 0.1) is 0 Å². The first-order valence-corrected chi connectivity index (χ1v) is 5.34. The van der Waals surface area contributed by atoms with E-state index < -0.39 is 5.54 Å². The summed E-state index contributed by atoms with van der Waals surface area (Å²) in [6.45, 7) is 9.64. The summed E-state index contributed by atoms with van der Waals surface area (Å²) in [5, 5.41) is 2.70. The molecule has 0 atom stereocenters. The van der Waals surface area contributed by atoms with Gasteiger partial charge in [0.05, 0.1) is 0 Å². The maximum atomic E-state index is 12.1. The molecule has 15 heavy (non-hydrogen) atoms. The van der Waals surface area contributed by atoms with Crippen LogP contribution in [0.1, 0.15) is 41.0 Å². The number of hydrogen-bond donors (Lipinski definition) is 1. The first-order chi connectivity index (χ1) is 6.70. The van der Waals surface area contributed by atoms with Crippen molar-refractivity contribution >= 4 is 11.8 Å². The molecule has 0 radical (unpaired) electrons. The van der Waals surface area contributed by atoms with Crippen LogP contribution in [0.15, 0.2) is 0 Å². The Morgan fingerprint density at radius 1 is 1.40 bits per heavy atom. The average molecular weight is 212 g/mol. The maximum Gasteiger partial charge on any atom is 0.248 e. The summed E-state index contributed by atoms with van der Waals surface area (Å²) >= 11 is 0. The van der Waals surface area contributed by atoms with Gasteiger partial charge in [0.2, 0.25) is 11.8 Å². The predicted molar refractivity (Wildman–Crippen MR) is 58.3 cm³/mol. The lowest BCUT2D eigenvalue weighted by molar-refractivity contribution is -0.154. The summed E-state index contributed by atoms with van der Waals surface area (Å²) in [7, 11) is 0. The van der Waals surface area contributed by atoms with Crippen LogP contribution >= 0.6 is 0 Å². The van der Waals surface area contributed by atoms with Gasteiger partial charge in [-0.2, -0.15) is 0 Å². The highest BCUT2D eigenvalue weighted by molar-refractivity contribution is 5.97. The number of nitrogens with one attached hydrogen (secondary N) is 1. The van der Waals surface area contributed by atoms with Gasteiger partial charge in [-0.15, -0.1) is 0 Å². The van der Waals surface area contributed by atoms with E-state index in [2.05, 4.69) is 5.32 Å². The van der Waals surface area contributed by atoms with Crippen LogP contribution in [-0.4, -0.2) is 34.3 Å². The smallest absolute Gasteiger partial charge is 0.248 e. The molecule has 0 unspecified atom stereocenters. The minimum atomic E-state index is -0.776. The fourth-order valence-electron chi connectivity index (χ4n) is 1.67. The van der Waals surface area contributed by atoms with Crippen LogP contribution in [0.4, 0.5) is 0 Å². The third kappa shape index (κ3) is 2.13. The monoisotopic (exact) mass is 212 g/mol. The maximum absolute atomic E-state index is 12.1. The minimum Gasteiger partial charge on any atom is -0.341 e. The van der Waals surface area contributed by atoms with E-state index in [0.29, 0.717) is 0 Å². The topological polar surface area (TPSA) is 49.4 Å². The highest BCUT2D eigenvalue weighted by atomic mass is 16.2. The molecular weight excluding hydrogens is 192 g/mol. The molecular formula is C11H20N2O2. The van der Waals surface area contributed by atoms with Crippen LogP contribution < -0.4 is 5.32 Å². The van der Waals surface area contributed by atoms with E-state index in [4.69, 9.17) is 0 Å². The second-order valence-corrected chi connectivity index (χ2v) is 5.23. The zero-order chi connectivity index (χ0) is 11.9. The van der Waals surface area contributed by atoms with Gasteiger partial charge >= 0.3 is 0 Å². The molecule has 4 nitrogen and oxygen atoms in total. The van der Waals surface area contributed by atoms with Gasteiger partial charge in [-0.05, 0) is 34.1 Å². The summed E-state index contributed by atoms with van der Waals surface area (Å²) in [5.74, 6) is -0.0879. The lowest BCUT2D eigenvalue weighted by Gasteiger charge is -2.45. The van der Waals surface area contributed by atoms with Crippen molar-refractivity contribution in [3.05, 3.63) is 0 Å². The number of amides is 2. The van der Waals surface area contributed by atoms with Gasteiger partial charge in [0, 0.05) is 5.54 Å². The molecule has 0 aliphatic carbocycles. The Balaban J connectivity index is 2.99. The molecule has 1 saturated heterocycles. The van der Waals surface area contributed by atoms with Gasteiger partial charge in [-0.3, -0.25) is 9.59 Å². The van der Waals surface area contributed by atoms with Crippen LogP contribution in [0.25, 0.3) is 0 Å². The Morgan fingerprint density at radius 2 is 1.93 bits per heavy atom. The molecule has 1 fully saturated rings. The van der Waals surface area contributed by atoms with Gasteiger partial charge in [0.1, 0.15) is 12.1 Å². The van der Waals surface area contributed by atoms with Crippen LogP contribution in [0.5, 0.6) is 0 Å². The van der Waals surface area contributed by atoms with Gasteiger partial charge in [0.15, 0.2) is 0 Å². The van der Waals surface area contributed by atoms with Gasteiger partial charge < -0.3 is 10.2 Å². The Labute approximate surface area is 91.0 Å². The molecule has 1 rings (SSSR count). The van der Waals surface area contributed by atoms with Crippen molar-refractivity contribution in [2.75, 3.05) is 6.54 Å².